The Kier molecular flexibility index (Phi) is 4.16. The van der Waals surface area contributed by atoms with E-state index < -0.39 is 0 Å². The van der Waals surface area contributed by atoms with Crippen molar-refractivity contribution in [1.29, 1.82) is 0 Å². The van der Waals surface area contributed by atoms with Crippen LogP contribution in [0.4, 0.5) is 11.8 Å². The van der Waals surface area contributed by atoms with Crippen LogP contribution in [0.25, 0.3) is 17.0 Å². The monoisotopic (exact) mass is 370 g/mol. The molecule has 1 aliphatic carbocycles. The highest BCUT2D eigenvalue weighted by Crippen LogP contribution is 2.29. The lowest BCUT2D eigenvalue weighted by Crippen LogP contribution is -2.16. The maximum atomic E-state index is 6.23. The van der Waals surface area contributed by atoms with Gasteiger partial charge in [0.2, 0.25) is 11.9 Å². The van der Waals surface area contributed by atoms with Crippen molar-refractivity contribution >= 4 is 22.8 Å². The Balaban J connectivity index is 1.60. The van der Waals surface area contributed by atoms with E-state index in [1.165, 1.54) is 17.5 Å². The maximum absolute atomic E-state index is 6.23. The minimum Gasteiger partial charge on any atom is -0.369 e. The molecule has 0 spiro atoms. The van der Waals surface area contributed by atoms with Gasteiger partial charge >= 0.3 is 0 Å². The predicted octanol–water partition coefficient (Wildman–Crippen LogP) is 3.89. The molecular formula is C22H22N6. The van der Waals surface area contributed by atoms with Gasteiger partial charge in [0, 0.05) is 12.1 Å². The van der Waals surface area contributed by atoms with Gasteiger partial charge in [0.05, 0.1) is 16.7 Å². The third-order valence-corrected chi connectivity index (χ3v) is 5.26. The molecular weight excluding hydrogens is 348 g/mol. The molecule has 0 saturated carbocycles. The number of nitrogens with zero attached hydrogens (tertiary/aromatic N) is 4. The molecule has 4 aromatic rings. The molecule has 0 radical (unpaired) electrons. The summed E-state index contributed by atoms with van der Waals surface area (Å²) < 4.78 is 1.85. The number of nitrogens with one attached hydrogen (secondary N) is 1. The number of nitrogen functional groups attached to an aromatic ring is 1. The smallest absolute Gasteiger partial charge is 0.239 e. The number of imidazole rings is 1. The van der Waals surface area contributed by atoms with Crippen LogP contribution in [0.1, 0.15) is 29.7 Å². The van der Waals surface area contributed by atoms with Gasteiger partial charge in [-0.05, 0) is 43.4 Å². The van der Waals surface area contributed by atoms with Crippen LogP contribution in [0, 0.1) is 0 Å². The van der Waals surface area contributed by atoms with Crippen molar-refractivity contribution in [3.05, 3.63) is 71.4 Å². The summed E-state index contributed by atoms with van der Waals surface area (Å²) in [6.07, 6.45) is 4.30. The molecule has 28 heavy (non-hydrogen) atoms. The number of hydrogen-bond acceptors (Lipinski definition) is 5. The van der Waals surface area contributed by atoms with Crippen LogP contribution >= 0.6 is 0 Å². The molecule has 0 amide bonds. The van der Waals surface area contributed by atoms with Gasteiger partial charge in [0.15, 0.2) is 0 Å². The molecule has 2 aromatic carbocycles. The number of aryl methyl sites for hydroxylation is 1. The molecule has 0 saturated heterocycles. The summed E-state index contributed by atoms with van der Waals surface area (Å²) in [5, 5.41) is 3.53. The molecule has 0 unspecified atom stereocenters. The van der Waals surface area contributed by atoms with Crippen LogP contribution in [0.5, 0.6) is 0 Å². The van der Waals surface area contributed by atoms with E-state index in [0.717, 1.165) is 48.4 Å². The number of aromatic nitrogens is 4. The first-order valence-electron chi connectivity index (χ1n) is 9.70. The van der Waals surface area contributed by atoms with Crippen molar-refractivity contribution in [2.75, 3.05) is 11.1 Å². The summed E-state index contributed by atoms with van der Waals surface area (Å²) in [4.78, 5) is 14.2. The van der Waals surface area contributed by atoms with Gasteiger partial charge in [-0.3, -0.25) is 0 Å². The van der Waals surface area contributed by atoms with Gasteiger partial charge in [-0.1, -0.05) is 42.5 Å². The molecule has 5 rings (SSSR count). The topological polar surface area (TPSA) is 81.6 Å². The standard InChI is InChI=1S/C22H22N6/c23-21-25-18-12-6-7-13-19(18)28(21)22-26-17-11-5-4-10-16(17)20(27-22)24-14-15-8-2-1-3-9-15/h1-3,6-9,12-13H,4-5,10-11,14H2,(H2,23,25)(H,24,26,27). The Hall–Kier alpha value is -3.41. The summed E-state index contributed by atoms with van der Waals surface area (Å²) in [5.74, 6) is 1.90. The molecule has 6 nitrogen and oxygen atoms in total. The molecule has 2 heterocycles. The van der Waals surface area contributed by atoms with Crippen LogP contribution in [-0.4, -0.2) is 19.5 Å². The molecule has 0 aliphatic heterocycles. The van der Waals surface area contributed by atoms with Crippen LogP contribution in [0.3, 0.4) is 0 Å². The van der Waals surface area contributed by atoms with E-state index in [2.05, 4.69) is 34.6 Å². The Bertz CT molecular complexity index is 1130. The van der Waals surface area contributed by atoms with Crippen LogP contribution in [0.15, 0.2) is 54.6 Å². The number of hydrogen-bond donors (Lipinski definition) is 2. The van der Waals surface area contributed by atoms with E-state index in [-0.39, 0.29) is 0 Å². The van der Waals surface area contributed by atoms with Gasteiger partial charge in [-0.2, -0.15) is 4.98 Å². The average molecular weight is 370 g/mol. The molecule has 2 aromatic heterocycles. The first kappa shape index (κ1) is 16.7. The Morgan fingerprint density at radius 1 is 0.893 bits per heavy atom. The lowest BCUT2D eigenvalue weighted by molar-refractivity contribution is 0.659. The zero-order valence-corrected chi connectivity index (χ0v) is 15.6. The van der Waals surface area contributed by atoms with Crippen molar-refractivity contribution in [3.63, 3.8) is 0 Å². The number of para-hydroxylation sites is 2. The third kappa shape index (κ3) is 2.97. The van der Waals surface area contributed by atoms with E-state index in [1.54, 1.807) is 0 Å². The number of anilines is 2. The highest BCUT2D eigenvalue weighted by Gasteiger charge is 2.20. The van der Waals surface area contributed by atoms with Gasteiger partial charge in [0.1, 0.15) is 5.82 Å². The second kappa shape index (κ2) is 6.96. The summed E-state index contributed by atoms with van der Waals surface area (Å²) in [6.45, 7) is 0.726. The van der Waals surface area contributed by atoms with Crippen molar-refractivity contribution in [2.24, 2.45) is 0 Å². The molecule has 140 valence electrons. The Morgan fingerprint density at radius 3 is 2.57 bits per heavy atom. The quantitative estimate of drug-likeness (QED) is 0.570. The summed E-state index contributed by atoms with van der Waals surface area (Å²) in [6, 6.07) is 18.2. The SMILES string of the molecule is Nc1nc2ccccc2n1-c1nc2c(c(NCc3ccccc3)n1)CCCC2. The third-order valence-electron chi connectivity index (χ3n) is 5.26. The molecule has 0 bridgehead atoms. The van der Waals surface area contributed by atoms with Gasteiger partial charge < -0.3 is 11.1 Å². The molecule has 6 heteroatoms. The van der Waals surface area contributed by atoms with Gasteiger partial charge in [0.25, 0.3) is 0 Å². The molecule has 0 atom stereocenters. The number of nitrogens with two attached hydrogens (primary N) is 1. The van der Waals surface area contributed by atoms with Crippen LogP contribution in [0.2, 0.25) is 0 Å². The van der Waals surface area contributed by atoms with Crippen molar-refractivity contribution in [2.45, 2.75) is 32.2 Å². The van der Waals surface area contributed by atoms with E-state index in [9.17, 15) is 0 Å². The summed E-state index contributed by atoms with van der Waals surface area (Å²) in [5.41, 5.74) is 11.6. The van der Waals surface area contributed by atoms with Gasteiger partial charge in [-0.15, -0.1) is 0 Å². The normalized spacial score (nSPS) is 13.4. The van der Waals surface area contributed by atoms with E-state index >= 15 is 0 Å². The first-order valence-corrected chi connectivity index (χ1v) is 9.70. The first-order chi connectivity index (χ1) is 13.8. The number of fused-ring (bicyclic) bond motifs is 2. The Labute approximate surface area is 163 Å². The van der Waals surface area contributed by atoms with E-state index in [0.29, 0.717) is 11.9 Å². The fourth-order valence-electron chi connectivity index (χ4n) is 3.86. The molecule has 0 fully saturated rings. The minimum absolute atomic E-state index is 0.408. The van der Waals surface area contributed by atoms with Crippen LogP contribution in [-0.2, 0) is 19.4 Å². The average Bonchev–Trinajstić information content (AvgIpc) is 3.08. The predicted molar refractivity (Wildman–Crippen MR) is 111 cm³/mol. The fourth-order valence-corrected chi connectivity index (χ4v) is 3.86. The highest BCUT2D eigenvalue weighted by atomic mass is 15.3. The van der Waals surface area contributed by atoms with Crippen molar-refractivity contribution in [3.8, 4) is 5.95 Å². The minimum atomic E-state index is 0.408. The Morgan fingerprint density at radius 2 is 1.68 bits per heavy atom. The van der Waals surface area contributed by atoms with Gasteiger partial charge in [-0.25, -0.2) is 14.5 Å². The second-order valence-corrected chi connectivity index (χ2v) is 7.14. The lowest BCUT2D eigenvalue weighted by Gasteiger charge is -2.20. The summed E-state index contributed by atoms with van der Waals surface area (Å²) >= 11 is 0. The largest absolute Gasteiger partial charge is 0.369 e. The zero-order chi connectivity index (χ0) is 18.9. The van der Waals surface area contributed by atoms with E-state index in [4.69, 9.17) is 15.7 Å². The van der Waals surface area contributed by atoms with E-state index in [1.807, 2.05) is 34.9 Å². The molecule has 1 aliphatic rings. The maximum Gasteiger partial charge on any atom is 0.239 e. The zero-order valence-electron chi connectivity index (χ0n) is 15.6. The molecule has 3 N–H and O–H groups in total. The lowest BCUT2D eigenvalue weighted by atomic mass is 9.96. The second-order valence-electron chi connectivity index (χ2n) is 7.14. The summed E-state index contributed by atoms with van der Waals surface area (Å²) in [7, 11) is 0. The number of rotatable bonds is 4. The highest BCUT2D eigenvalue weighted by molar-refractivity contribution is 5.80. The number of benzene rings is 2. The fraction of sp³-hybridized carbons (Fsp3) is 0.227. The van der Waals surface area contributed by atoms with Crippen molar-refractivity contribution in [1.82, 2.24) is 19.5 Å². The van der Waals surface area contributed by atoms with Crippen molar-refractivity contribution < 1.29 is 0 Å². The van der Waals surface area contributed by atoms with Crippen LogP contribution < -0.4 is 11.1 Å².